The van der Waals surface area contributed by atoms with Gasteiger partial charge in [-0.05, 0) is 45.2 Å². The van der Waals surface area contributed by atoms with Crippen LogP contribution in [0.1, 0.15) is 43.9 Å². The summed E-state index contributed by atoms with van der Waals surface area (Å²) in [5.41, 5.74) is 3.01. The van der Waals surface area contributed by atoms with Crippen LogP contribution in [0.25, 0.3) is 11.4 Å². The first kappa shape index (κ1) is 19.3. The molecule has 0 radical (unpaired) electrons. The summed E-state index contributed by atoms with van der Waals surface area (Å²) < 4.78 is 0. The van der Waals surface area contributed by atoms with Crippen molar-refractivity contribution in [1.29, 1.82) is 0 Å². The van der Waals surface area contributed by atoms with Gasteiger partial charge < -0.3 is 10.2 Å². The molecule has 2 aromatic rings. The molecule has 1 fully saturated rings. The molecule has 1 saturated heterocycles. The number of rotatable bonds is 6. The van der Waals surface area contributed by atoms with Crippen LogP contribution in [0.3, 0.4) is 0 Å². The normalized spacial score (nSPS) is 15.0. The van der Waals surface area contributed by atoms with Gasteiger partial charge in [0, 0.05) is 54.8 Å². The average molecular weight is 367 g/mol. The summed E-state index contributed by atoms with van der Waals surface area (Å²) in [6.45, 7) is 8.70. The van der Waals surface area contributed by atoms with Crippen LogP contribution in [0.5, 0.6) is 0 Å². The van der Waals surface area contributed by atoms with E-state index >= 15 is 0 Å². The zero-order valence-corrected chi connectivity index (χ0v) is 16.5. The van der Waals surface area contributed by atoms with Crippen molar-refractivity contribution in [2.75, 3.05) is 24.5 Å². The predicted octanol–water partition coefficient (Wildman–Crippen LogP) is 3.29. The number of unbranched alkanes of at least 4 members (excludes halogenated alkanes) is 1. The standard InChI is InChI=1S/C21H29N5O/c1-4-5-11-23-21(27)17-8-12-26(13-9-17)20-15(2)16(3)24-19(25-20)18-7-6-10-22-14-18/h6-7,10,14,17H,4-5,8-9,11-13H2,1-3H3,(H,23,27). The van der Waals surface area contributed by atoms with Gasteiger partial charge in [-0.1, -0.05) is 13.3 Å². The summed E-state index contributed by atoms with van der Waals surface area (Å²) in [6.07, 6.45) is 7.42. The van der Waals surface area contributed by atoms with Crippen molar-refractivity contribution in [2.45, 2.75) is 46.5 Å². The predicted molar refractivity (Wildman–Crippen MR) is 108 cm³/mol. The zero-order chi connectivity index (χ0) is 19.2. The number of carbonyl (C=O) groups excluding carboxylic acids is 1. The van der Waals surface area contributed by atoms with Crippen molar-refractivity contribution in [3.8, 4) is 11.4 Å². The van der Waals surface area contributed by atoms with Gasteiger partial charge in [-0.25, -0.2) is 9.97 Å². The molecule has 1 aliphatic rings. The summed E-state index contributed by atoms with van der Waals surface area (Å²) >= 11 is 0. The highest BCUT2D eigenvalue weighted by Crippen LogP contribution is 2.28. The minimum atomic E-state index is 0.110. The van der Waals surface area contributed by atoms with Crippen LogP contribution in [0.4, 0.5) is 5.82 Å². The number of aryl methyl sites for hydroxylation is 1. The van der Waals surface area contributed by atoms with Gasteiger partial charge in [-0.3, -0.25) is 9.78 Å². The fraction of sp³-hybridized carbons (Fsp3) is 0.524. The van der Waals surface area contributed by atoms with Crippen LogP contribution in [0.15, 0.2) is 24.5 Å². The number of anilines is 1. The number of nitrogens with one attached hydrogen (secondary N) is 1. The van der Waals surface area contributed by atoms with Crippen molar-refractivity contribution < 1.29 is 4.79 Å². The summed E-state index contributed by atoms with van der Waals surface area (Å²) in [7, 11) is 0. The van der Waals surface area contributed by atoms with E-state index in [1.807, 2.05) is 19.1 Å². The number of nitrogens with zero attached hydrogens (tertiary/aromatic N) is 4. The van der Waals surface area contributed by atoms with Gasteiger partial charge in [0.25, 0.3) is 0 Å². The van der Waals surface area contributed by atoms with Gasteiger partial charge >= 0.3 is 0 Å². The Morgan fingerprint density at radius 3 is 2.70 bits per heavy atom. The maximum atomic E-state index is 12.3. The summed E-state index contributed by atoms with van der Waals surface area (Å²) in [5, 5.41) is 3.07. The quantitative estimate of drug-likeness (QED) is 0.793. The molecular weight excluding hydrogens is 338 g/mol. The lowest BCUT2D eigenvalue weighted by Crippen LogP contribution is -2.41. The SMILES string of the molecule is CCCCNC(=O)C1CCN(c2nc(-c3cccnc3)nc(C)c2C)CC1. The minimum Gasteiger partial charge on any atom is -0.356 e. The maximum absolute atomic E-state index is 12.3. The van der Waals surface area contributed by atoms with Crippen molar-refractivity contribution in [1.82, 2.24) is 20.3 Å². The number of carbonyl (C=O) groups is 1. The molecule has 2 aromatic heterocycles. The van der Waals surface area contributed by atoms with E-state index in [0.717, 1.165) is 68.0 Å². The smallest absolute Gasteiger partial charge is 0.223 e. The van der Waals surface area contributed by atoms with Crippen LogP contribution in [0.2, 0.25) is 0 Å². The minimum absolute atomic E-state index is 0.110. The number of aromatic nitrogens is 3. The molecule has 0 bridgehead atoms. The molecule has 6 heteroatoms. The lowest BCUT2D eigenvalue weighted by molar-refractivity contribution is -0.125. The van der Waals surface area contributed by atoms with Gasteiger partial charge in [0.15, 0.2) is 5.82 Å². The van der Waals surface area contributed by atoms with Crippen molar-refractivity contribution in [3.05, 3.63) is 35.8 Å². The van der Waals surface area contributed by atoms with Crippen LogP contribution < -0.4 is 10.2 Å². The van der Waals surface area contributed by atoms with E-state index in [1.165, 1.54) is 0 Å². The second-order valence-electron chi connectivity index (χ2n) is 7.23. The highest BCUT2D eigenvalue weighted by atomic mass is 16.1. The van der Waals surface area contributed by atoms with E-state index in [0.29, 0.717) is 5.82 Å². The van der Waals surface area contributed by atoms with E-state index in [4.69, 9.17) is 4.98 Å². The van der Waals surface area contributed by atoms with Gasteiger partial charge in [0.2, 0.25) is 5.91 Å². The molecule has 1 N–H and O–H groups in total. The molecular formula is C21H29N5O. The molecule has 0 unspecified atom stereocenters. The lowest BCUT2D eigenvalue weighted by atomic mass is 9.95. The molecule has 0 spiro atoms. The van der Waals surface area contributed by atoms with Crippen molar-refractivity contribution in [2.24, 2.45) is 5.92 Å². The maximum Gasteiger partial charge on any atom is 0.223 e. The number of hydrogen-bond acceptors (Lipinski definition) is 5. The Balaban J connectivity index is 1.71. The van der Waals surface area contributed by atoms with Crippen molar-refractivity contribution in [3.63, 3.8) is 0 Å². The average Bonchev–Trinajstić information content (AvgIpc) is 2.71. The first-order chi connectivity index (χ1) is 13.1. The van der Waals surface area contributed by atoms with E-state index in [9.17, 15) is 4.79 Å². The Bertz CT molecular complexity index is 770. The first-order valence-electron chi connectivity index (χ1n) is 9.88. The second-order valence-corrected chi connectivity index (χ2v) is 7.23. The molecule has 3 rings (SSSR count). The third-order valence-electron chi connectivity index (χ3n) is 5.28. The highest BCUT2D eigenvalue weighted by molar-refractivity contribution is 5.79. The second kappa shape index (κ2) is 8.93. The summed E-state index contributed by atoms with van der Waals surface area (Å²) in [5.74, 6) is 2.00. The molecule has 144 valence electrons. The first-order valence-corrected chi connectivity index (χ1v) is 9.88. The molecule has 0 aliphatic carbocycles. The third kappa shape index (κ3) is 4.62. The van der Waals surface area contributed by atoms with Gasteiger partial charge in [0.05, 0.1) is 0 Å². The fourth-order valence-electron chi connectivity index (χ4n) is 3.43. The van der Waals surface area contributed by atoms with Crippen molar-refractivity contribution >= 4 is 11.7 Å². The molecule has 3 heterocycles. The van der Waals surface area contributed by atoms with E-state index in [-0.39, 0.29) is 11.8 Å². The van der Waals surface area contributed by atoms with Gasteiger partial charge in [0.1, 0.15) is 5.82 Å². The Hall–Kier alpha value is -2.50. The van der Waals surface area contributed by atoms with Crippen LogP contribution in [-0.4, -0.2) is 40.5 Å². The highest BCUT2D eigenvalue weighted by Gasteiger charge is 2.26. The van der Waals surface area contributed by atoms with Gasteiger partial charge in [-0.15, -0.1) is 0 Å². The van der Waals surface area contributed by atoms with Crippen LogP contribution in [0, 0.1) is 19.8 Å². The summed E-state index contributed by atoms with van der Waals surface area (Å²) in [6, 6.07) is 3.88. The van der Waals surface area contributed by atoms with Crippen LogP contribution in [-0.2, 0) is 4.79 Å². The van der Waals surface area contributed by atoms with E-state index in [2.05, 4.69) is 34.0 Å². The molecule has 1 amide bonds. The lowest BCUT2D eigenvalue weighted by Gasteiger charge is -2.33. The number of amides is 1. The monoisotopic (exact) mass is 367 g/mol. The Labute approximate surface area is 161 Å². The summed E-state index contributed by atoms with van der Waals surface area (Å²) in [4.78, 5) is 28.3. The third-order valence-corrected chi connectivity index (χ3v) is 5.28. The largest absolute Gasteiger partial charge is 0.356 e. The molecule has 0 saturated carbocycles. The molecule has 1 aliphatic heterocycles. The number of hydrogen-bond donors (Lipinski definition) is 1. The fourth-order valence-corrected chi connectivity index (χ4v) is 3.43. The molecule has 27 heavy (non-hydrogen) atoms. The van der Waals surface area contributed by atoms with E-state index < -0.39 is 0 Å². The van der Waals surface area contributed by atoms with Gasteiger partial charge in [-0.2, -0.15) is 0 Å². The Kier molecular flexibility index (Phi) is 6.37. The zero-order valence-electron chi connectivity index (χ0n) is 16.5. The topological polar surface area (TPSA) is 71.0 Å². The number of piperidine rings is 1. The van der Waals surface area contributed by atoms with Crippen LogP contribution >= 0.6 is 0 Å². The van der Waals surface area contributed by atoms with E-state index in [1.54, 1.807) is 12.4 Å². The Morgan fingerprint density at radius 1 is 1.26 bits per heavy atom. The molecule has 6 nitrogen and oxygen atoms in total. The molecule has 0 atom stereocenters. The molecule has 0 aromatic carbocycles. The number of pyridine rings is 1. The Morgan fingerprint density at radius 2 is 2.04 bits per heavy atom.